The Bertz CT molecular complexity index is 451. The summed E-state index contributed by atoms with van der Waals surface area (Å²) in [5.74, 6) is 0.899. The molecule has 1 N–H and O–H groups in total. The van der Waals surface area contributed by atoms with Crippen molar-refractivity contribution in [1.29, 1.82) is 0 Å². The molecule has 0 aliphatic heterocycles. The maximum absolute atomic E-state index is 5.14. The summed E-state index contributed by atoms with van der Waals surface area (Å²) < 4.78 is 5.14. The Labute approximate surface area is 131 Å². The van der Waals surface area contributed by atoms with Crippen LogP contribution < -0.4 is 22.5 Å². The predicted octanol–water partition coefficient (Wildman–Crippen LogP) is 0.711. The first-order valence-electron chi connectivity index (χ1n) is 6.28. The zero-order valence-corrected chi connectivity index (χ0v) is 13.3. The fourth-order valence-electron chi connectivity index (χ4n) is 1.84. The molecule has 0 saturated heterocycles. The minimum absolute atomic E-state index is 0. The van der Waals surface area contributed by atoms with Crippen molar-refractivity contribution in [2.24, 2.45) is 0 Å². The Balaban J connectivity index is 0.00000200. The minimum Gasteiger partial charge on any atom is -1.00 e. The second-order valence-corrected chi connectivity index (χ2v) is 5.18. The van der Waals surface area contributed by atoms with Crippen molar-refractivity contribution in [3.8, 4) is 5.75 Å². The average Bonchev–Trinajstić information content (AvgIpc) is 2.49. The van der Waals surface area contributed by atoms with Gasteiger partial charge in [-0.05, 0) is 41.6 Å². The van der Waals surface area contributed by atoms with Crippen molar-refractivity contribution < 1.29 is 17.1 Å². The lowest BCUT2D eigenvalue weighted by Crippen LogP contribution is -3.00. The van der Waals surface area contributed by atoms with E-state index in [2.05, 4.69) is 48.0 Å². The van der Waals surface area contributed by atoms with Crippen LogP contribution >= 0.6 is 11.8 Å². The molecule has 0 atom stereocenters. The van der Waals surface area contributed by atoms with Gasteiger partial charge in [0.25, 0.3) is 0 Å². The summed E-state index contributed by atoms with van der Waals surface area (Å²) >= 11 is 1.77. The van der Waals surface area contributed by atoms with Gasteiger partial charge in [-0.25, -0.2) is 0 Å². The molecule has 0 fully saturated rings. The zero-order chi connectivity index (χ0) is 13.5. The standard InChI is InChI=1S/C16H19NOS.ClH/c1-18-15-7-3-13(4-8-15)11-17-12-14-5-9-16(19-2)10-6-14;/h3-10,17H,11-12H2,1-2H3;1H/p-1. The van der Waals surface area contributed by atoms with Gasteiger partial charge in [-0.15, -0.1) is 11.8 Å². The van der Waals surface area contributed by atoms with E-state index < -0.39 is 0 Å². The first kappa shape index (κ1) is 16.9. The summed E-state index contributed by atoms with van der Waals surface area (Å²) in [7, 11) is 1.69. The first-order chi connectivity index (χ1) is 9.31. The van der Waals surface area contributed by atoms with E-state index in [1.165, 1.54) is 16.0 Å². The second-order valence-electron chi connectivity index (χ2n) is 4.30. The van der Waals surface area contributed by atoms with Crippen LogP contribution in [0.5, 0.6) is 5.75 Å². The number of nitrogens with one attached hydrogen (secondary N) is 1. The lowest BCUT2D eigenvalue weighted by molar-refractivity contribution is -0.00000421. The number of benzene rings is 2. The number of rotatable bonds is 6. The highest BCUT2D eigenvalue weighted by atomic mass is 35.5. The van der Waals surface area contributed by atoms with Crippen molar-refractivity contribution in [3.63, 3.8) is 0 Å². The van der Waals surface area contributed by atoms with Crippen LogP contribution in [-0.4, -0.2) is 13.4 Å². The van der Waals surface area contributed by atoms with E-state index in [1.54, 1.807) is 18.9 Å². The summed E-state index contributed by atoms with van der Waals surface area (Å²) in [5, 5.41) is 3.45. The molecule has 0 spiro atoms. The molecule has 0 unspecified atom stereocenters. The van der Waals surface area contributed by atoms with Gasteiger partial charge in [0.2, 0.25) is 0 Å². The largest absolute Gasteiger partial charge is 1.00 e. The van der Waals surface area contributed by atoms with Crippen molar-refractivity contribution >= 4 is 11.8 Å². The number of methoxy groups -OCH3 is 1. The van der Waals surface area contributed by atoms with E-state index in [4.69, 9.17) is 4.74 Å². The Morgan fingerprint density at radius 1 is 0.900 bits per heavy atom. The summed E-state index contributed by atoms with van der Waals surface area (Å²) in [4.78, 5) is 1.30. The summed E-state index contributed by atoms with van der Waals surface area (Å²) in [6.07, 6.45) is 2.09. The molecular weight excluding hydrogens is 290 g/mol. The first-order valence-corrected chi connectivity index (χ1v) is 7.51. The molecule has 4 heteroatoms. The SMILES string of the molecule is COc1ccc(CNCc2ccc(SC)cc2)cc1.[Cl-]. The molecule has 0 saturated carbocycles. The Kier molecular flexibility index (Phi) is 7.52. The molecule has 2 aromatic carbocycles. The Morgan fingerprint density at radius 3 is 1.85 bits per heavy atom. The van der Waals surface area contributed by atoms with E-state index in [1.807, 2.05) is 12.1 Å². The van der Waals surface area contributed by atoms with E-state index in [9.17, 15) is 0 Å². The van der Waals surface area contributed by atoms with Crippen LogP contribution in [0.15, 0.2) is 53.4 Å². The zero-order valence-electron chi connectivity index (χ0n) is 11.7. The molecule has 20 heavy (non-hydrogen) atoms. The van der Waals surface area contributed by atoms with Crippen LogP contribution in [0.25, 0.3) is 0 Å². The van der Waals surface area contributed by atoms with Crippen LogP contribution in [0, 0.1) is 0 Å². The van der Waals surface area contributed by atoms with Gasteiger partial charge in [0.1, 0.15) is 5.75 Å². The molecule has 0 bridgehead atoms. The maximum atomic E-state index is 5.14. The monoisotopic (exact) mass is 308 g/mol. The number of hydrogen-bond donors (Lipinski definition) is 1. The molecule has 0 radical (unpaired) electrons. The number of halogens is 1. The van der Waals surface area contributed by atoms with Crippen LogP contribution in [-0.2, 0) is 13.1 Å². The fourth-order valence-corrected chi connectivity index (χ4v) is 2.25. The maximum Gasteiger partial charge on any atom is 0.118 e. The smallest absolute Gasteiger partial charge is 0.118 e. The van der Waals surface area contributed by atoms with Gasteiger partial charge in [-0.2, -0.15) is 0 Å². The normalized spacial score (nSPS) is 9.90. The fraction of sp³-hybridized carbons (Fsp3) is 0.250. The van der Waals surface area contributed by atoms with E-state index in [0.29, 0.717) is 0 Å². The third kappa shape index (κ3) is 5.08. The van der Waals surface area contributed by atoms with Gasteiger partial charge in [-0.1, -0.05) is 24.3 Å². The minimum atomic E-state index is 0. The van der Waals surface area contributed by atoms with E-state index >= 15 is 0 Å². The molecule has 2 aromatic rings. The third-order valence-electron chi connectivity index (χ3n) is 2.98. The van der Waals surface area contributed by atoms with Crippen LogP contribution in [0.4, 0.5) is 0 Å². The lowest BCUT2D eigenvalue weighted by atomic mass is 10.2. The van der Waals surface area contributed by atoms with Crippen molar-refractivity contribution in [2.45, 2.75) is 18.0 Å². The second kappa shape index (κ2) is 8.90. The molecule has 0 aromatic heterocycles. The molecule has 2 rings (SSSR count). The van der Waals surface area contributed by atoms with Crippen molar-refractivity contribution in [1.82, 2.24) is 5.32 Å². The number of hydrogen-bond acceptors (Lipinski definition) is 3. The molecule has 0 aliphatic carbocycles. The number of ether oxygens (including phenoxy) is 1. The van der Waals surface area contributed by atoms with Gasteiger partial charge < -0.3 is 22.5 Å². The van der Waals surface area contributed by atoms with Crippen LogP contribution in [0.2, 0.25) is 0 Å². The quantitative estimate of drug-likeness (QED) is 0.794. The average molecular weight is 309 g/mol. The number of thioether (sulfide) groups is 1. The van der Waals surface area contributed by atoms with Gasteiger partial charge in [0, 0.05) is 18.0 Å². The molecule has 0 amide bonds. The highest BCUT2D eigenvalue weighted by Crippen LogP contribution is 2.15. The van der Waals surface area contributed by atoms with Gasteiger partial charge in [-0.3, -0.25) is 0 Å². The molecular formula is C16H19ClNOS-. The molecule has 0 aliphatic rings. The van der Waals surface area contributed by atoms with Crippen LogP contribution in [0.1, 0.15) is 11.1 Å². The Hall–Kier alpha value is -1.16. The van der Waals surface area contributed by atoms with Crippen LogP contribution in [0.3, 0.4) is 0 Å². The van der Waals surface area contributed by atoms with Crippen molar-refractivity contribution in [2.75, 3.05) is 13.4 Å². The highest BCUT2D eigenvalue weighted by molar-refractivity contribution is 7.98. The van der Waals surface area contributed by atoms with E-state index in [0.717, 1.165) is 18.8 Å². The predicted molar refractivity (Wildman–Crippen MR) is 81.8 cm³/mol. The molecule has 2 nitrogen and oxygen atoms in total. The molecule has 0 heterocycles. The summed E-state index contributed by atoms with van der Waals surface area (Å²) in [6.45, 7) is 1.76. The van der Waals surface area contributed by atoms with Gasteiger partial charge in [0.15, 0.2) is 0 Å². The topological polar surface area (TPSA) is 21.3 Å². The van der Waals surface area contributed by atoms with Gasteiger partial charge >= 0.3 is 0 Å². The highest BCUT2D eigenvalue weighted by Gasteiger charge is 1.96. The van der Waals surface area contributed by atoms with E-state index in [-0.39, 0.29) is 12.4 Å². The summed E-state index contributed by atoms with van der Waals surface area (Å²) in [6, 6.07) is 16.8. The molecule has 108 valence electrons. The summed E-state index contributed by atoms with van der Waals surface area (Å²) in [5.41, 5.74) is 2.58. The van der Waals surface area contributed by atoms with Crippen molar-refractivity contribution in [3.05, 3.63) is 59.7 Å². The lowest BCUT2D eigenvalue weighted by Gasteiger charge is -2.07. The Morgan fingerprint density at radius 2 is 1.40 bits per heavy atom. The third-order valence-corrected chi connectivity index (χ3v) is 3.72. The van der Waals surface area contributed by atoms with Gasteiger partial charge in [0.05, 0.1) is 7.11 Å².